The van der Waals surface area contributed by atoms with Crippen LogP contribution < -0.4 is 16.0 Å². The van der Waals surface area contributed by atoms with E-state index in [2.05, 4.69) is 9.67 Å². The first kappa shape index (κ1) is 13.0. The van der Waals surface area contributed by atoms with Gasteiger partial charge in [-0.3, -0.25) is 0 Å². The van der Waals surface area contributed by atoms with Crippen LogP contribution in [0.25, 0.3) is 0 Å². The van der Waals surface area contributed by atoms with E-state index < -0.39 is 18.0 Å². The first-order chi connectivity index (χ1) is 6.47. The number of carbonyl (C=O) groups excluding carboxylic acids is 2. The molecular formula is C7H14ClN3O3. The Morgan fingerprint density at radius 1 is 1.50 bits per heavy atom. The van der Waals surface area contributed by atoms with Gasteiger partial charge in [0.2, 0.25) is 0 Å². The summed E-state index contributed by atoms with van der Waals surface area (Å²) in [6.45, 7) is 3.85. The second kappa shape index (κ2) is 6.44. The molecule has 0 spiro atoms. The van der Waals surface area contributed by atoms with Crippen molar-refractivity contribution in [3.63, 3.8) is 0 Å². The molecule has 0 aromatic heterocycles. The number of urea groups is 1. The SMILES string of the molecule is CC(C)C[C@H](NCl)C(=O)ONC(N)=O. The van der Waals surface area contributed by atoms with Gasteiger partial charge in [-0.25, -0.2) is 14.4 Å². The van der Waals surface area contributed by atoms with Crippen LogP contribution in [0, 0.1) is 5.92 Å². The van der Waals surface area contributed by atoms with Crippen molar-refractivity contribution < 1.29 is 14.4 Å². The molecule has 0 bridgehead atoms. The predicted molar refractivity (Wildman–Crippen MR) is 51.0 cm³/mol. The Morgan fingerprint density at radius 2 is 2.07 bits per heavy atom. The highest BCUT2D eigenvalue weighted by atomic mass is 35.5. The summed E-state index contributed by atoms with van der Waals surface area (Å²) in [6, 6.07) is -1.60. The molecule has 6 nitrogen and oxygen atoms in total. The van der Waals surface area contributed by atoms with Crippen LogP contribution in [0.15, 0.2) is 0 Å². The number of primary amides is 1. The van der Waals surface area contributed by atoms with Crippen molar-refractivity contribution in [1.82, 2.24) is 10.3 Å². The molecule has 0 radical (unpaired) electrons. The highest BCUT2D eigenvalue weighted by Gasteiger charge is 2.20. The summed E-state index contributed by atoms with van der Waals surface area (Å²) < 4.78 is 0. The van der Waals surface area contributed by atoms with Crippen LogP contribution in [-0.2, 0) is 9.63 Å². The van der Waals surface area contributed by atoms with Gasteiger partial charge in [-0.1, -0.05) is 13.8 Å². The fourth-order valence-corrected chi connectivity index (χ4v) is 1.01. The summed E-state index contributed by atoms with van der Waals surface area (Å²) in [5.74, 6) is -0.403. The smallest absolute Gasteiger partial charge is 0.349 e. The molecule has 82 valence electrons. The van der Waals surface area contributed by atoms with Crippen LogP contribution in [0.3, 0.4) is 0 Å². The van der Waals surface area contributed by atoms with E-state index in [1.807, 2.05) is 13.8 Å². The lowest BCUT2D eigenvalue weighted by molar-refractivity contribution is -0.151. The largest absolute Gasteiger partial charge is 0.350 e. The average molecular weight is 224 g/mol. The molecule has 0 rings (SSSR count). The monoisotopic (exact) mass is 223 g/mol. The van der Waals surface area contributed by atoms with Crippen molar-refractivity contribution in [2.75, 3.05) is 0 Å². The molecule has 0 aliphatic heterocycles. The number of halogens is 1. The topological polar surface area (TPSA) is 93.4 Å². The fourth-order valence-electron chi connectivity index (χ4n) is 0.828. The molecule has 0 heterocycles. The summed E-state index contributed by atoms with van der Waals surface area (Å²) in [7, 11) is 0. The Hall–Kier alpha value is -1.01. The summed E-state index contributed by atoms with van der Waals surface area (Å²) in [5, 5.41) is 0. The lowest BCUT2D eigenvalue weighted by Crippen LogP contribution is -2.40. The minimum atomic E-state index is -0.934. The summed E-state index contributed by atoms with van der Waals surface area (Å²) >= 11 is 5.33. The number of hydrogen-bond acceptors (Lipinski definition) is 4. The lowest BCUT2D eigenvalue weighted by atomic mass is 10.1. The van der Waals surface area contributed by atoms with Gasteiger partial charge in [0, 0.05) is 0 Å². The molecule has 0 aliphatic rings. The molecular weight excluding hydrogens is 210 g/mol. The highest BCUT2D eigenvalue weighted by molar-refractivity contribution is 6.14. The Labute approximate surface area is 87.2 Å². The van der Waals surface area contributed by atoms with Crippen molar-refractivity contribution >= 4 is 23.8 Å². The molecule has 2 amide bonds. The van der Waals surface area contributed by atoms with Gasteiger partial charge in [0.05, 0.1) is 0 Å². The summed E-state index contributed by atoms with van der Waals surface area (Å²) in [4.78, 5) is 28.0. The standard InChI is InChI=1S/C7H14ClN3O3/c1-4(2)3-5(10-8)6(12)14-11-7(9)13/h4-5,10H,3H2,1-2H3,(H3,9,11,13)/t5-/m0/s1. The lowest BCUT2D eigenvalue weighted by Gasteiger charge is -2.14. The number of rotatable bonds is 4. The maximum atomic E-state index is 11.2. The van der Waals surface area contributed by atoms with E-state index >= 15 is 0 Å². The van der Waals surface area contributed by atoms with Gasteiger partial charge >= 0.3 is 12.0 Å². The second-order valence-electron chi connectivity index (χ2n) is 3.18. The van der Waals surface area contributed by atoms with Gasteiger partial charge in [0.15, 0.2) is 0 Å². The Balaban J connectivity index is 3.97. The molecule has 1 atom stereocenters. The molecule has 0 aromatic carbocycles. The Kier molecular flexibility index (Phi) is 5.98. The second-order valence-corrected chi connectivity index (χ2v) is 3.40. The zero-order chi connectivity index (χ0) is 11.1. The minimum Gasteiger partial charge on any atom is -0.349 e. The molecule has 0 aliphatic carbocycles. The van der Waals surface area contributed by atoms with E-state index in [1.165, 1.54) is 0 Å². The van der Waals surface area contributed by atoms with E-state index in [4.69, 9.17) is 17.5 Å². The van der Waals surface area contributed by atoms with Gasteiger partial charge < -0.3 is 10.6 Å². The number of hydrogen-bond donors (Lipinski definition) is 3. The predicted octanol–water partition coefficient (Wildman–Crippen LogP) is 0.271. The Bertz CT molecular complexity index is 210. The van der Waals surface area contributed by atoms with E-state index in [1.54, 1.807) is 5.48 Å². The number of carbonyl (C=O) groups is 2. The summed E-state index contributed by atoms with van der Waals surface area (Å²) in [5.41, 5.74) is 6.43. The van der Waals surface area contributed by atoms with Gasteiger partial charge in [-0.15, -0.1) is 0 Å². The number of nitrogens with two attached hydrogens (primary N) is 1. The maximum absolute atomic E-state index is 11.2. The zero-order valence-corrected chi connectivity index (χ0v) is 8.80. The van der Waals surface area contributed by atoms with Gasteiger partial charge in [0.1, 0.15) is 6.04 Å². The normalized spacial score (nSPS) is 12.3. The third-order valence-electron chi connectivity index (χ3n) is 1.38. The average Bonchev–Trinajstić information content (AvgIpc) is 2.09. The van der Waals surface area contributed by atoms with E-state index in [0.29, 0.717) is 6.42 Å². The first-order valence-electron chi connectivity index (χ1n) is 4.09. The van der Waals surface area contributed by atoms with Crippen molar-refractivity contribution in [3.8, 4) is 0 Å². The molecule has 0 aromatic rings. The first-order valence-corrected chi connectivity index (χ1v) is 4.47. The minimum absolute atomic E-state index is 0.271. The van der Waals surface area contributed by atoms with Crippen LogP contribution in [0.4, 0.5) is 4.79 Å². The van der Waals surface area contributed by atoms with Crippen LogP contribution in [0.2, 0.25) is 0 Å². The van der Waals surface area contributed by atoms with E-state index in [9.17, 15) is 9.59 Å². The number of amides is 2. The van der Waals surface area contributed by atoms with Crippen molar-refractivity contribution in [2.45, 2.75) is 26.3 Å². The molecule has 0 saturated carbocycles. The van der Waals surface area contributed by atoms with Crippen LogP contribution in [0.1, 0.15) is 20.3 Å². The molecule has 14 heavy (non-hydrogen) atoms. The van der Waals surface area contributed by atoms with Crippen molar-refractivity contribution in [3.05, 3.63) is 0 Å². The van der Waals surface area contributed by atoms with Crippen molar-refractivity contribution in [1.29, 1.82) is 0 Å². The summed E-state index contributed by atoms with van der Waals surface area (Å²) in [6.07, 6.45) is 0.503. The molecule has 0 unspecified atom stereocenters. The molecule has 0 fully saturated rings. The quantitative estimate of drug-likeness (QED) is 0.471. The highest BCUT2D eigenvalue weighted by Crippen LogP contribution is 2.06. The van der Waals surface area contributed by atoms with Crippen LogP contribution in [-0.4, -0.2) is 18.0 Å². The molecule has 7 heteroatoms. The third kappa shape index (κ3) is 5.60. The maximum Gasteiger partial charge on any atom is 0.350 e. The van der Waals surface area contributed by atoms with E-state index in [-0.39, 0.29) is 5.92 Å². The van der Waals surface area contributed by atoms with Crippen LogP contribution in [0.5, 0.6) is 0 Å². The number of hydroxylamine groups is 1. The zero-order valence-electron chi connectivity index (χ0n) is 8.04. The molecule has 0 saturated heterocycles. The van der Waals surface area contributed by atoms with Gasteiger partial charge in [-0.05, 0) is 24.1 Å². The van der Waals surface area contributed by atoms with Gasteiger partial charge in [-0.2, -0.15) is 5.48 Å². The Morgan fingerprint density at radius 3 is 2.43 bits per heavy atom. The van der Waals surface area contributed by atoms with Crippen molar-refractivity contribution in [2.24, 2.45) is 11.7 Å². The third-order valence-corrected chi connectivity index (χ3v) is 1.64. The fraction of sp³-hybridized carbons (Fsp3) is 0.714. The van der Waals surface area contributed by atoms with E-state index in [0.717, 1.165) is 0 Å². The van der Waals surface area contributed by atoms with Crippen LogP contribution >= 0.6 is 11.8 Å². The number of nitrogens with one attached hydrogen (secondary N) is 2. The molecule has 4 N–H and O–H groups in total. The van der Waals surface area contributed by atoms with Gasteiger partial charge in [0.25, 0.3) is 0 Å².